The first-order chi connectivity index (χ1) is 15.0. The first-order valence-corrected chi connectivity index (χ1v) is 11.4. The lowest BCUT2D eigenvalue weighted by molar-refractivity contribution is -0.113. The van der Waals surface area contributed by atoms with E-state index in [1.165, 1.54) is 29.4 Å². The van der Waals surface area contributed by atoms with E-state index in [0.717, 1.165) is 10.2 Å². The molecule has 2 amide bonds. The number of carbonyl (C=O) groups is 2. The predicted molar refractivity (Wildman–Crippen MR) is 119 cm³/mol. The Morgan fingerprint density at radius 1 is 1.23 bits per heavy atom. The third kappa shape index (κ3) is 4.78. The summed E-state index contributed by atoms with van der Waals surface area (Å²) >= 11 is 2.72. The molecule has 0 aliphatic rings. The number of nitrogens with one attached hydrogen (secondary N) is 2. The molecule has 0 spiro atoms. The quantitative estimate of drug-likeness (QED) is 0.388. The van der Waals surface area contributed by atoms with Gasteiger partial charge in [0.25, 0.3) is 5.91 Å². The predicted octanol–water partition coefficient (Wildman–Crippen LogP) is 3.72. The fourth-order valence-electron chi connectivity index (χ4n) is 2.98. The van der Waals surface area contributed by atoms with Gasteiger partial charge in [0.15, 0.2) is 21.9 Å². The summed E-state index contributed by atoms with van der Waals surface area (Å²) in [4.78, 5) is 29.0. The summed E-state index contributed by atoms with van der Waals surface area (Å²) in [6.07, 6.45) is 1.45. The van der Waals surface area contributed by atoms with E-state index in [0.29, 0.717) is 22.7 Å². The lowest BCUT2D eigenvalue weighted by Gasteiger charge is -2.14. The highest BCUT2D eigenvalue weighted by Gasteiger charge is 2.21. The van der Waals surface area contributed by atoms with E-state index in [2.05, 4.69) is 25.8 Å². The molecule has 1 atom stereocenters. The Morgan fingerprint density at radius 3 is 2.81 bits per heavy atom. The molecule has 0 saturated carbocycles. The van der Waals surface area contributed by atoms with Crippen molar-refractivity contribution in [3.63, 3.8) is 0 Å². The molecule has 0 fully saturated rings. The van der Waals surface area contributed by atoms with E-state index in [-0.39, 0.29) is 29.4 Å². The van der Waals surface area contributed by atoms with Crippen LogP contribution in [0.2, 0.25) is 0 Å². The first kappa shape index (κ1) is 21.1. The van der Waals surface area contributed by atoms with Gasteiger partial charge in [0, 0.05) is 6.54 Å². The molecule has 0 radical (unpaired) electrons. The Labute approximate surface area is 186 Å². The van der Waals surface area contributed by atoms with E-state index in [1.54, 1.807) is 12.1 Å². The van der Waals surface area contributed by atoms with Gasteiger partial charge in [0.2, 0.25) is 5.91 Å². The topological polar surface area (TPSA) is 115 Å². The average Bonchev–Trinajstić information content (AvgIpc) is 3.50. The minimum Gasteiger partial charge on any atom is -0.459 e. The molecule has 31 heavy (non-hydrogen) atoms. The number of amides is 2. The average molecular weight is 457 g/mol. The zero-order chi connectivity index (χ0) is 21.8. The molecule has 3 aromatic heterocycles. The molecule has 0 unspecified atom stereocenters. The van der Waals surface area contributed by atoms with Crippen molar-refractivity contribution in [1.82, 2.24) is 25.1 Å². The molecule has 0 aliphatic carbocycles. The summed E-state index contributed by atoms with van der Waals surface area (Å²) < 4.78 is 8.02. The Morgan fingerprint density at radius 2 is 2.06 bits per heavy atom. The number of fused-ring (bicyclic) bond motifs is 1. The molecule has 0 bridgehead atoms. The number of carbonyl (C=O) groups excluding carboxylic acids is 2. The maximum atomic E-state index is 12.4. The number of rotatable bonds is 8. The normalized spacial score (nSPS) is 12.1. The third-order valence-corrected chi connectivity index (χ3v) is 6.33. The summed E-state index contributed by atoms with van der Waals surface area (Å²) in [6, 6.07) is 10.6. The molecule has 3 heterocycles. The fraction of sp³-hybridized carbons (Fsp3) is 0.250. The van der Waals surface area contributed by atoms with Crippen LogP contribution in [-0.2, 0) is 11.3 Å². The summed E-state index contributed by atoms with van der Waals surface area (Å²) in [5, 5.41) is 15.3. The standard InChI is InChI=1S/C20H20N6O3S2/c1-3-26-17(12(2)21-18(28)14-8-6-10-29-14)24-25-20(26)30-11-16(27)23-19-22-13-7-4-5-9-15(13)31-19/h4-10,12H,3,11H2,1-2H3,(H,21,28)(H,22,23,27)/t12-/m1/s1. The van der Waals surface area contributed by atoms with Crippen molar-refractivity contribution >= 4 is 50.3 Å². The number of hydrogen-bond donors (Lipinski definition) is 2. The summed E-state index contributed by atoms with van der Waals surface area (Å²) in [5.41, 5.74) is 0.858. The highest BCUT2D eigenvalue weighted by molar-refractivity contribution is 7.99. The molecule has 11 heteroatoms. The molecule has 160 valence electrons. The van der Waals surface area contributed by atoms with E-state index in [9.17, 15) is 9.59 Å². The smallest absolute Gasteiger partial charge is 0.287 e. The van der Waals surface area contributed by atoms with E-state index in [4.69, 9.17) is 4.42 Å². The van der Waals surface area contributed by atoms with E-state index in [1.807, 2.05) is 42.7 Å². The first-order valence-electron chi connectivity index (χ1n) is 9.61. The third-order valence-electron chi connectivity index (χ3n) is 4.41. The van der Waals surface area contributed by atoms with Crippen LogP contribution in [0.15, 0.2) is 52.2 Å². The van der Waals surface area contributed by atoms with Crippen molar-refractivity contribution in [2.75, 3.05) is 11.1 Å². The van der Waals surface area contributed by atoms with Gasteiger partial charge in [-0.25, -0.2) is 4.98 Å². The van der Waals surface area contributed by atoms with Gasteiger partial charge in [-0.3, -0.25) is 9.59 Å². The van der Waals surface area contributed by atoms with Crippen LogP contribution in [0.1, 0.15) is 36.3 Å². The maximum Gasteiger partial charge on any atom is 0.287 e. The van der Waals surface area contributed by atoms with Gasteiger partial charge in [-0.05, 0) is 38.1 Å². The minimum atomic E-state index is -0.379. The minimum absolute atomic E-state index is 0.168. The summed E-state index contributed by atoms with van der Waals surface area (Å²) in [6.45, 7) is 4.38. The van der Waals surface area contributed by atoms with Crippen molar-refractivity contribution in [1.29, 1.82) is 0 Å². The summed E-state index contributed by atoms with van der Waals surface area (Å²) in [5.74, 6) is 0.510. The van der Waals surface area contributed by atoms with Crippen LogP contribution in [0, 0.1) is 0 Å². The second kappa shape index (κ2) is 9.31. The van der Waals surface area contributed by atoms with Crippen LogP contribution in [0.25, 0.3) is 10.2 Å². The van der Waals surface area contributed by atoms with Gasteiger partial charge in [-0.1, -0.05) is 35.2 Å². The largest absolute Gasteiger partial charge is 0.459 e. The molecule has 4 rings (SSSR count). The molecule has 4 aromatic rings. The highest BCUT2D eigenvalue weighted by Crippen LogP contribution is 2.26. The Balaban J connectivity index is 1.37. The number of nitrogens with zero attached hydrogens (tertiary/aromatic N) is 4. The monoisotopic (exact) mass is 456 g/mol. The van der Waals surface area contributed by atoms with Crippen LogP contribution in [-0.4, -0.2) is 37.3 Å². The van der Waals surface area contributed by atoms with Crippen LogP contribution >= 0.6 is 23.1 Å². The number of anilines is 1. The maximum absolute atomic E-state index is 12.4. The van der Waals surface area contributed by atoms with Crippen molar-refractivity contribution in [3.05, 3.63) is 54.2 Å². The number of furan rings is 1. The Bertz CT molecular complexity index is 1170. The molecular weight excluding hydrogens is 436 g/mol. The van der Waals surface area contributed by atoms with Crippen LogP contribution < -0.4 is 10.6 Å². The van der Waals surface area contributed by atoms with E-state index >= 15 is 0 Å². The van der Waals surface area contributed by atoms with Crippen LogP contribution in [0.5, 0.6) is 0 Å². The molecule has 0 saturated heterocycles. The van der Waals surface area contributed by atoms with Crippen molar-refractivity contribution in [2.24, 2.45) is 0 Å². The second-order valence-electron chi connectivity index (χ2n) is 6.58. The lowest BCUT2D eigenvalue weighted by atomic mass is 10.3. The highest BCUT2D eigenvalue weighted by atomic mass is 32.2. The molecule has 2 N–H and O–H groups in total. The Kier molecular flexibility index (Phi) is 6.33. The number of thiazole rings is 1. The number of benzene rings is 1. The van der Waals surface area contributed by atoms with Gasteiger partial charge in [-0.2, -0.15) is 0 Å². The fourth-order valence-corrected chi connectivity index (χ4v) is 4.67. The molecular formula is C20H20N6O3S2. The van der Waals surface area contributed by atoms with Crippen molar-refractivity contribution in [3.8, 4) is 0 Å². The Hall–Kier alpha value is -3.18. The van der Waals surface area contributed by atoms with Gasteiger partial charge in [0.05, 0.1) is 28.3 Å². The van der Waals surface area contributed by atoms with Gasteiger partial charge >= 0.3 is 0 Å². The zero-order valence-corrected chi connectivity index (χ0v) is 18.5. The molecule has 1 aromatic carbocycles. The number of thioether (sulfide) groups is 1. The number of hydrogen-bond acceptors (Lipinski definition) is 8. The zero-order valence-electron chi connectivity index (χ0n) is 16.9. The van der Waals surface area contributed by atoms with Crippen molar-refractivity contribution < 1.29 is 14.0 Å². The number of aromatic nitrogens is 4. The second-order valence-corrected chi connectivity index (χ2v) is 8.55. The van der Waals surface area contributed by atoms with Gasteiger partial charge in [-0.15, -0.1) is 10.2 Å². The summed E-state index contributed by atoms with van der Waals surface area (Å²) in [7, 11) is 0. The van der Waals surface area contributed by atoms with Crippen LogP contribution in [0.4, 0.5) is 5.13 Å². The molecule has 0 aliphatic heterocycles. The van der Waals surface area contributed by atoms with Gasteiger partial charge < -0.3 is 19.6 Å². The van der Waals surface area contributed by atoms with Gasteiger partial charge in [0.1, 0.15) is 0 Å². The lowest BCUT2D eigenvalue weighted by Crippen LogP contribution is -2.28. The molecule has 9 nitrogen and oxygen atoms in total. The SMILES string of the molecule is CCn1c(SCC(=O)Nc2nc3ccccc3s2)nnc1[C@@H](C)NC(=O)c1ccco1. The van der Waals surface area contributed by atoms with Crippen LogP contribution in [0.3, 0.4) is 0 Å². The van der Waals surface area contributed by atoms with Crippen molar-refractivity contribution in [2.45, 2.75) is 31.6 Å². The van der Waals surface area contributed by atoms with E-state index < -0.39 is 0 Å². The number of para-hydroxylation sites is 1.